The molecule has 2 heterocycles. The van der Waals surface area contributed by atoms with E-state index < -0.39 is 18.5 Å². The van der Waals surface area contributed by atoms with E-state index in [-0.39, 0.29) is 5.56 Å². The third kappa shape index (κ3) is 6.22. The van der Waals surface area contributed by atoms with Crippen LogP contribution in [0.1, 0.15) is 28.4 Å². The summed E-state index contributed by atoms with van der Waals surface area (Å²) in [7, 11) is 0. The van der Waals surface area contributed by atoms with Gasteiger partial charge in [-0.15, -0.1) is 0 Å². The van der Waals surface area contributed by atoms with Crippen LogP contribution < -0.4 is 10.1 Å². The van der Waals surface area contributed by atoms with Crippen LogP contribution in [0.15, 0.2) is 84.9 Å². The highest BCUT2D eigenvalue weighted by Gasteiger charge is 2.17. The van der Waals surface area contributed by atoms with Crippen molar-refractivity contribution in [3.8, 4) is 28.3 Å². The number of nitrogens with zero attached hydrogens (tertiary/aromatic N) is 3. The second-order valence-corrected chi connectivity index (χ2v) is 11.1. The summed E-state index contributed by atoms with van der Waals surface area (Å²) in [6.07, 6.45) is 0. The van der Waals surface area contributed by atoms with Gasteiger partial charge in [0.2, 0.25) is 0 Å². The van der Waals surface area contributed by atoms with Gasteiger partial charge in [0.25, 0.3) is 5.91 Å². The van der Waals surface area contributed by atoms with Gasteiger partial charge in [0, 0.05) is 11.1 Å². The Labute approximate surface area is 252 Å². The van der Waals surface area contributed by atoms with Gasteiger partial charge >= 0.3 is 5.97 Å². The first kappa shape index (κ1) is 28.0. The molecule has 0 aliphatic carbocycles. The van der Waals surface area contributed by atoms with Crippen LogP contribution in [0.4, 0.5) is 5.13 Å². The Kier molecular flexibility index (Phi) is 7.81. The Hall–Kier alpha value is -5.15. The first-order chi connectivity index (χ1) is 20.9. The van der Waals surface area contributed by atoms with E-state index in [1.165, 1.54) is 11.3 Å². The minimum Gasteiger partial charge on any atom is -0.494 e. The number of amides is 1. The lowest BCUT2D eigenvalue weighted by Gasteiger charge is -2.12. The molecule has 1 N–H and O–H groups in total. The molecule has 1 amide bonds. The number of fused-ring (bicyclic) bond motifs is 2. The van der Waals surface area contributed by atoms with Gasteiger partial charge in [-0.1, -0.05) is 71.0 Å². The molecule has 6 rings (SSSR count). The molecule has 8 nitrogen and oxygen atoms in total. The molecule has 9 heteroatoms. The van der Waals surface area contributed by atoms with E-state index in [9.17, 15) is 9.59 Å². The molecule has 0 aliphatic rings. The second kappa shape index (κ2) is 12.0. The SMILES string of the molecule is CCOc1ccc2nc(NC(=O)COC(=O)c3ccc4nc(-c5ccc(C)cc5)c(-c5ccc(C)cc5)nc4c3)sc2c1. The van der Waals surface area contributed by atoms with Crippen molar-refractivity contribution in [2.75, 3.05) is 18.5 Å². The maximum atomic E-state index is 12.9. The average Bonchev–Trinajstić information content (AvgIpc) is 3.41. The first-order valence-electron chi connectivity index (χ1n) is 13.8. The van der Waals surface area contributed by atoms with E-state index in [2.05, 4.69) is 10.3 Å². The summed E-state index contributed by atoms with van der Waals surface area (Å²) >= 11 is 1.32. The van der Waals surface area contributed by atoms with Crippen LogP contribution in [0.2, 0.25) is 0 Å². The summed E-state index contributed by atoms with van der Waals surface area (Å²) in [4.78, 5) is 39.8. The van der Waals surface area contributed by atoms with Gasteiger partial charge in [0.1, 0.15) is 5.75 Å². The van der Waals surface area contributed by atoms with Crippen molar-refractivity contribution in [3.63, 3.8) is 0 Å². The highest BCUT2D eigenvalue weighted by molar-refractivity contribution is 7.22. The van der Waals surface area contributed by atoms with Crippen molar-refractivity contribution < 1.29 is 19.1 Å². The maximum absolute atomic E-state index is 12.9. The van der Waals surface area contributed by atoms with Gasteiger partial charge in [-0.2, -0.15) is 0 Å². The molecule has 2 aromatic heterocycles. The van der Waals surface area contributed by atoms with Gasteiger partial charge in [0.05, 0.1) is 44.8 Å². The maximum Gasteiger partial charge on any atom is 0.338 e. The number of hydrogen-bond acceptors (Lipinski definition) is 8. The predicted octanol–water partition coefficient (Wildman–Crippen LogP) is 7.38. The van der Waals surface area contributed by atoms with Crippen LogP contribution in [0.5, 0.6) is 5.75 Å². The van der Waals surface area contributed by atoms with Crippen molar-refractivity contribution in [1.82, 2.24) is 15.0 Å². The summed E-state index contributed by atoms with van der Waals surface area (Å²) < 4.78 is 11.7. The molecule has 214 valence electrons. The molecule has 0 fully saturated rings. The number of aromatic nitrogens is 3. The Morgan fingerprint density at radius 3 is 2.02 bits per heavy atom. The predicted molar refractivity (Wildman–Crippen MR) is 170 cm³/mol. The molecule has 0 spiro atoms. The highest BCUT2D eigenvalue weighted by Crippen LogP contribution is 2.32. The molecule has 0 saturated carbocycles. The number of esters is 1. The summed E-state index contributed by atoms with van der Waals surface area (Å²) in [5, 5.41) is 3.12. The fraction of sp³-hybridized carbons (Fsp3) is 0.147. The standard InChI is InChI=1S/C34H28N4O4S/c1-4-41-25-14-16-27-29(18-25)43-34(37-27)38-30(39)19-42-33(40)24-13-15-26-28(17-24)36-32(23-11-7-21(3)8-12-23)31(35-26)22-9-5-20(2)6-10-22/h5-18H,4,19H2,1-3H3,(H,37,38,39). The van der Waals surface area contributed by atoms with Gasteiger partial charge in [-0.05, 0) is 57.2 Å². The number of anilines is 1. The topological polar surface area (TPSA) is 103 Å². The first-order valence-corrected chi connectivity index (χ1v) is 14.6. The van der Waals surface area contributed by atoms with Crippen LogP contribution in [0.3, 0.4) is 0 Å². The second-order valence-electron chi connectivity index (χ2n) is 10.1. The third-order valence-electron chi connectivity index (χ3n) is 6.80. The normalized spacial score (nSPS) is 11.0. The molecule has 0 atom stereocenters. The lowest BCUT2D eigenvalue weighted by molar-refractivity contribution is -0.119. The molecular formula is C34H28N4O4S. The average molecular weight is 589 g/mol. The zero-order valence-electron chi connectivity index (χ0n) is 23.9. The molecule has 0 unspecified atom stereocenters. The van der Waals surface area contributed by atoms with Crippen molar-refractivity contribution in [1.29, 1.82) is 0 Å². The number of hydrogen-bond donors (Lipinski definition) is 1. The number of benzene rings is 4. The monoisotopic (exact) mass is 588 g/mol. The zero-order valence-corrected chi connectivity index (χ0v) is 24.7. The molecule has 0 bridgehead atoms. The van der Waals surface area contributed by atoms with Gasteiger partial charge in [0.15, 0.2) is 11.7 Å². The van der Waals surface area contributed by atoms with Crippen molar-refractivity contribution >= 4 is 49.6 Å². The Morgan fingerprint density at radius 2 is 1.37 bits per heavy atom. The molecule has 0 radical (unpaired) electrons. The summed E-state index contributed by atoms with van der Waals surface area (Å²) in [5.74, 6) is -0.380. The minimum atomic E-state index is -0.635. The summed E-state index contributed by atoms with van der Waals surface area (Å²) in [6, 6.07) is 26.8. The number of rotatable bonds is 8. The fourth-order valence-electron chi connectivity index (χ4n) is 4.59. The Bertz CT molecular complexity index is 1970. The lowest BCUT2D eigenvalue weighted by Crippen LogP contribution is -2.20. The van der Waals surface area contributed by atoms with Gasteiger partial charge in [-0.25, -0.2) is 19.7 Å². The number of nitrogens with one attached hydrogen (secondary N) is 1. The fourth-order valence-corrected chi connectivity index (χ4v) is 5.50. The van der Waals surface area contributed by atoms with Crippen LogP contribution in [0.25, 0.3) is 43.8 Å². The highest BCUT2D eigenvalue weighted by atomic mass is 32.1. The van der Waals surface area contributed by atoms with E-state index in [1.54, 1.807) is 18.2 Å². The van der Waals surface area contributed by atoms with E-state index in [1.807, 2.05) is 87.5 Å². The number of ether oxygens (including phenoxy) is 2. The number of carbonyl (C=O) groups is 2. The number of aryl methyl sites for hydroxylation is 2. The minimum absolute atomic E-state index is 0.274. The molecule has 0 saturated heterocycles. The number of carbonyl (C=O) groups excluding carboxylic acids is 2. The van der Waals surface area contributed by atoms with Crippen LogP contribution in [0, 0.1) is 13.8 Å². The Balaban J connectivity index is 1.21. The van der Waals surface area contributed by atoms with Gasteiger partial charge < -0.3 is 9.47 Å². The summed E-state index contributed by atoms with van der Waals surface area (Å²) in [6.45, 7) is 6.10. The van der Waals surface area contributed by atoms with Crippen molar-refractivity contribution in [2.24, 2.45) is 0 Å². The van der Waals surface area contributed by atoms with E-state index in [4.69, 9.17) is 19.4 Å². The molecular weight excluding hydrogens is 560 g/mol. The Morgan fingerprint density at radius 1 is 0.744 bits per heavy atom. The zero-order chi connectivity index (χ0) is 29.9. The molecule has 0 aliphatic heterocycles. The van der Waals surface area contributed by atoms with E-state index in [0.29, 0.717) is 28.5 Å². The van der Waals surface area contributed by atoms with Crippen LogP contribution in [-0.4, -0.2) is 40.0 Å². The van der Waals surface area contributed by atoms with Crippen molar-refractivity contribution in [2.45, 2.75) is 20.8 Å². The lowest BCUT2D eigenvalue weighted by atomic mass is 10.0. The van der Waals surface area contributed by atoms with E-state index in [0.717, 1.165) is 43.9 Å². The molecule has 6 aromatic rings. The quantitative estimate of drug-likeness (QED) is 0.185. The third-order valence-corrected chi connectivity index (χ3v) is 7.74. The smallest absolute Gasteiger partial charge is 0.338 e. The van der Waals surface area contributed by atoms with Gasteiger partial charge in [-0.3, -0.25) is 10.1 Å². The molecule has 43 heavy (non-hydrogen) atoms. The van der Waals surface area contributed by atoms with Crippen molar-refractivity contribution in [3.05, 3.63) is 102 Å². The van der Waals surface area contributed by atoms with Crippen LogP contribution >= 0.6 is 11.3 Å². The number of thiazole rings is 1. The van der Waals surface area contributed by atoms with Crippen LogP contribution in [-0.2, 0) is 9.53 Å². The largest absolute Gasteiger partial charge is 0.494 e. The molecule has 4 aromatic carbocycles. The summed E-state index contributed by atoms with van der Waals surface area (Å²) in [5.41, 5.74) is 7.85. The van der Waals surface area contributed by atoms with E-state index >= 15 is 0 Å².